The van der Waals surface area contributed by atoms with E-state index in [9.17, 15) is 4.79 Å². The van der Waals surface area contributed by atoms with Crippen LogP contribution in [0.2, 0.25) is 0 Å². The lowest BCUT2D eigenvalue weighted by Crippen LogP contribution is -2.27. The van der Waals surface area contributed by atoms with Gasteiger partial charge in [0, 0.05) is 6.42 Å². The van der Waals surface area contributed by atoms with E-state index in [2.05, 4.69) is 28.2 Å². The molecule has 0 unspecified atom stereocenters. The van der Waals surface area contributed by atoms with E-state index in [1.54, 1.807) is 0 Å². The summed E-state index contributed by atoms with van der Waals surface area (Å²) in [6.07, 6.45) is 1.02. The highest BCUT2D eigenvalue weighted by Gasteiger charge is 1.88. The van der Waals surface area contributed by atoms with Gasteiger partial charge < -0.3 is 9.59 Å². The van der Waals surface area contributed by atoms with Crippen LogP contribution in [0.15, 0.2) is 0 Å². The van der Waals surface area contributed by atoms with Crippen LogP contribution in [0.5, 0.6) is 0 Å². The van der Waals surface area contributed by atoms with Crippen LogP contribution < -0.4 is 0 Å². The highest BCUT2D eigenvalue weighted by atomic mass is 16.4. The van der Waals surface area contributed by atoms with Crippen molar-refractivity contribution in [3.05, 3.63) is 0 Å². The number of hydrogen-bond acceptors (Lipinski definition) is 1. The third-order valence-corrected chi connectivity index (χ3v) is 0.464. The van der Waals surface area contributed by atoms with Crippen molar-refractivity contribution >= 4 is 5.97 Å². The fourth-order valence-electron chi connectivity index (χ4n) is 0.214. The van der Waals surface area contributed by atoms with Crippen molar-refractivity contribution in [3.63, 3.8) is 0 Å². The van der Waals surface area contributed by atoms with Crippen molar-refractivity contribution < 1.29 is 14.4 Å². The molecule has 3 nitrogen and oxygen atoms in total. The zero-order valence-corrected chi connectivity index (χ0v) is 8.22. The normalized spacial score (nSPS) is 9.91. The summed E-state index contributed by atoms with van der Waals surface area (Å²) < 4.78 is 1.00. The first-order chi connectivity index (χ1) is 4.77. The molecule has 0 aliphatic carbocycles. The molecular formula is C8H20NO2+. The van der Waals surface area contributed by atoms with E-state index in [1.165, 1.54) is 0 Å². The fourth-order valence-corrected chi connectivity index (χ4v) is 0.214. The minimum atomic E-state index is -0.711. The third-order valence-electron chi connectivity index (χ3n) is 0.464. The first-order valence-corrected chi connectivity index (χ1v) is 3.78. The Balaban J connectivity index is 0. The Kier molecular flexibility index (Phi) is 7.31. The Bertz CT molecular complexity index is 99.1. The van der Waals surface area contributed by atoms with E-state index in [1.807, 2.05) is 6.92 Å². The predicted octanol–water partition coefficient (Wildman–Crippen LogP) is 1.19. The number of quaternary nitrogens is 1. The Morgan fingerprint density at radius 3 is 1.55 bits per heavy atom. The average Bonchev–Trinajstić information content (AvgIpc) is 1.58. The van der Waals surface area contributed by atoms with Crippen molar-refractivity contribution in [3.8, 4) is 0 Å². The lowest BCUT2D eigenvalue weighted by atomic mass is 10.4. The molecule has 0 aromatic rings. The fraction of sp³-hybridized carbons (Fsp3) is 0.875. The molecule has 3 heteroatoms. The minimum absolute atomic E-state index is 0.292. The van der Waals surface area contributed by atoms with Gasteiger partial charge in [-0.05, 0) is 6.42 Å². The van der Waals surface area contributed by atoms with Crippen molar-refractivity contribution in [1.82, 2.24) is 0 Å². The summed E-state index contributed by atoms with van der Waals surface area (Å²) >= 11 is 0. The number of carboxylic acids is 1. The molecule has 0 heterocycles. The topological polar surface area (TPSA) is 37.3 Å². The molecule has 0 saturated carbocycles. The average molecular weight is 162 g/mol. The lowest BCUT2D eigenvalue weighted by molar-refractivity contribution is -0.849. The van der Waals surface area contributed by atoms with Crippen LogP contribution in [0.3, 0.4) is 0 Å². The first-order valence-electron chi connectivity index (χ1n) is 3.78. The molecule has 0 aromatic carbocycles. The van der Waals surface area contributed by atoms with Crippen molar-refractivity contribution in [1.29, 1.82) is 0 Å². The Hall–Kier alpha value is -0.570. The van der Waals surface area contributed by atoms with Gasteiger partial charge in [0.05, 0.1) is 28.2 Å². The standard InChI is InChI=1S/C4H12N.C4H8O2/c1-5(2,3)4;1-2-3-4(5)6/h1-4H3;2-3H2,1H3,(H,5,6)/q+1;. The number of rotatable bonds is 2. The van der Waals surface area contributed by atoms with E-state index in [4.69, 9.17) is 5.11 Å². The Labute approximate surface area is 69.2 Å². The zero-order valence-electron chi connectivity index (χ0n) is 8.22. The molecule has 0 atom stereocenters. The van der Waals surface area contributed by atoms with Crippen molar-refractivity contribution in [2.24, 2.45) is 0 Å². The van der Waals surface area contributed by atoms with Crippen molar-refractivity contribution in [2.45, 2.75) is 19.8 Å². The highest BCUT2D eigenvalue weighted by molar-refractivity contribution is 5.66. The second-order valence-electron chi connectivity index (χ2n) is 3.83. The van der Waals surface area contributed by atoms with Gasteiger partial charge in [0.15, 0.2) is 0 Å². The molecule has 0 radical (unpaired) electrons. The molecule has 0 rings (SSSR count). The van der Waals surface area contributed by atoms with Crippen LogP contribution in [-0.2, 0) is 4.79 Å². The summed E-state index contributed by atoms with van der Waals surface area (Å²) in [6.45, 7) is 1.84. The van der Waals surface area contributed by atoms with Gasteiger partial charge >= 0.3 is 5.97 Å². The van der Waals surface area contributed by atoms with E-state index in [0.29, 0.717) is 6.42 Å². The third kappa shape index (κ3) is 88.2. The molecule has 0 aliphatic rings. The van der Waals surface area contributed by atoms with E-state index in [0.717, 1.165) is 10.9 Å². The number of aliphatic carboxylic acids is 1. The maximum Gasteiger partial charge on any atom is 0.303 e. The summed E-state index contributed by atoms with van der Waals surface area (Å²) in [5.41, 5.74) is 0. The monoisotopic (exact) mass is 162 g/mol. The smallest absolute Gasteiger partial charge is 0.303 e. The number of hydrogen-bond donors (Lipinski definition) is 1. The molecule has 0 saturated heterocycles. The summed E-state index contributed by atoms with van der Waals surface area (Å²) in [4.78, 5) is 9.60. The SMILES string of the molecule is CCCC(=O)O.C[N+](C)(C)C. The van der Waals surface area contributed by atoms with Gasteiger partial charge in [-0.25, -0.2) is 0 Å². The highest BCUT2D eigenvalue weighted by Crippen LogP contribution is 1.82. The molecular weight excluding hydrogens is 142 g/mol. The molecule has 1 N–H and O–H groups in total. The summed E-state index contributed by atoms with van der Waals surface area (Å²) in [5.74, 6) is -0.711. The molecule has 68 valence electrons. The summed E-state index contributed by atoms with van der Waals surface area (Å²) in [6, 6.07) is 0. The predicted molar refractivity (Wildman–Crippen MR) is 46.5 cm³/mol. The first kappa shape index (κ1) is 13.1. The van der Waals surface area contributed by atoms with Crippen LogP contribution >= 0.6 is 0 Å². The second kappa shape index (κ2) is 6.16. The van der Waals surface area contributed by atoms with Crippen LogP contribution in [0.25, 0.3) is 0 Å². The van der Waals surface area contributed by atoms with Gasteiger partial charge in [0.25, 0.3) is 0 Å². The number of carboxylic acid groups (broad SMARTS) is 1. The molecule has 0 aromatic heterocycles. The molecule has 0 fully saturated rings. The largest absolute Gasteiger partial charge is 0.481 e. The Morgan fingerprint density at radius 1 is 1.27 bits per heavy atom. The van der Waals surface area contributed by atoms with Crippen LogP contribution in [0.4, 0.5) is 0 Å². The molecule has 0 amide bonds. The molecule has 0 spiro atoms. The number of carbonyl (C=O) groups is 1. The second-order valence-corrected chi connectivity index (χ2v) is 3.83. The van der Waals surface area contributed by atoms with Gasteiger partial charge in [0.2, 0.25) is 0 Å². The van der Waals surface area contributed by atoms with Gasteiger partial charge in [-0.15, -0.1) is 0 Å². The summed E-state index contributed by atoms with van der Waals surface area (Å²) in [5, 5.41) is 7.91. The molecule has 0 aliphatic heterocycles. The molecule has 0 bridgehead atoms. The van der Waals surface area contributed by atoms with Crippen LogP contribution in [0, 0.1) is 0 Å². The van der Waals surface area contributed by atoms with Crippen molar-refractivity contribution in [2.75, 3.05) is 28.2 Å². The minimum Gasteiger partial charge on any atom is -0.481 e. The quantitative estimate of drug-likeness (QED) is 0.619. The van der Waals surface area contributed by atoms with Crippen LogP contribution in [0.1, 0.15) is 19.8 Å². The zero-order chi connectivity index (χ0) is 9.49. The maximum atomic E-state index is 9.60. The van der Waals surface area contributed by atoms with Gasteiger partial charge in [-0.2, -0.15) is 0 Å². The maximum absolute atomic E-state index is 9.60. The number of nitrogens with zero attached hydrogens (tertiary/aromatic N) is 1. The van der Waals surface area contributed by atoms with E-state index < -0.39 is 5.97 Å². The lowest BCUT2D eigenvalue weighted by Gasteiger charge is -2.14. The summed E-state index contributed by atoms with van der Waals surface area (Å²) in [7, 11) is 8.50. The van der Waals surface area contributed by atoms with Crippen LogP contribution in [-0.4, -0.2) is 43.7 Å². The van der Waals surface area contributed by atoms with Gasteiger partial charge in [0.1, 0.15) is 0 Å². The molecule has 11 heavy (non-hydrogen) atoms. The Morgan fingerprint density at radius 2 is 1.55 bits per heavy atom. The van der Waals surface area contributed by atoms with Gasteiger partial charge in [-0.3, -0.25) is 4.79 Å². The van der Waals surface area contributed by atoms with Gasteiger partial charge in [-0.1, -0.05) is 6.92 Å². The van der Waals surface area contributed by atoms with E-state index in [-0.39, 0.29) is 0 Å². The van der Waals surface area contributed by atoms with E-state index >= 15 is 0 Å².